The van der Waals surface area contributed by atoms with Crippen LogP contribution in [0.3, 0.4) is 0 Å². The van der Waals surface area contributed by atoms with Crippen LogP contribution in [0.2, 0.25) is 5.02 Å². The molecule has 0 bridgehead atoms. The van der Waals surface area contributed by atoms with Crippen molar-refractivity contribution in [2.75, 3.05) is 13.1 Å². The van der Waals surface area contributed by atoms with Crippen molar-refractivity contribution in [2.24, 2.45) is 0 Å². The first-order valence-electron chi connectivity index (χ1n) is 6.22. The van der Waals surface area contributed by atoms with E-state index < -0.39 is 0 Å². The Morgan fingerprint density at radius 1 is 1.28 bits per heavy atom. The van der Waals surface area contributed by atoms with Crippen LogP contribution in [0.1, 0.15) is 24.6 Å². The monoisotopic (exact) mass is 262 g/mol. The van der Waals surface area contributed by atoms with E-state index in [0.717, 1.165) is 30.9 Å². The molecule has 0 saturated carbocycles. The molecule has 2 heterocycles. The van der Waals surface area contributed by atoms with Gasteiger partial charge in [0.2, 0.25) is 0 Å². The van der Waals surface area contributed by atoms with Crippen molar-refractivity contribution in [3.8, 4) is 11.4 Å². The maximum Gasteiger partial charge on any atom is 0.182 e. The van der Waals surface area contributed by atoms with E-state index in [-0.39, 0.29) is 0 Å². The number of hydrogen-bond donors (Lipinski definition) is 2. The van der Waals surface area contributed by atoms with Crippen molar-refractivity contribution in [1.82, 2.24) is 20.5 Å². The van der Waals surface area contributed by atoms with E-state index in [1.807, 2.05) is 24.3 Å². The molecule has 1 aromatic carbocycles. The minimum Gasteiger partial charge on any atom is -0.316 e. The van der Waals surface area contributed by atoms with Crippen LogP contribution in [-0.2, 0) is 0 Å². The Bertz CT molecular complexity index is 531. The quantitative estimate of drug-likeness (QED) is 0.875. The fourth-order valence-electron chi connectivity index (χ4n) is 2.31. The van der Waals surface area contributed by atoms with Gasteiger partial charge in [0.1, 0.15) is 5.82 Å². The zero-order valence-corrected chi connectivity index (χ0v) is 10.7. The van der Waals surface area contributed by atoms with Crippen LogP contribution in [0, 0.1) is 0 Å². The number of nitrogens with zero attached hydrogens (tertiary/aromatic N) is 2. The summed E-state index contributed by atoms with van der Waals surface area (Å²) >= 11 is 6.15. The first-order valence-corrected chi connectivity index (χ1v) is 6.60. The normalized spacial score (nSPS) is 19.9. The van der Waals surface area contributed by atoms with Crippen LogP contribution in [0.5, 0.6) is 0 Å². The van der Waals surface area contributed by atoms with Gasteiger partial charge < -0.3 is 5.32 Å². The number of rotatable bonds is 2. The van der Waals surface area contributed by atoms with Crippen molar-refractivity contribution in [3.63, 3.8) is 0 Å². The van der Waals surface area contributed by atoms with Crippen LogP contribution >= 0.6 is 11.6 Å². The van der Waals surface area contributed by atoms with Gasteiger partial charge in [-0.2, -0.15) is 5.10 Å². The highest BCUT2D eigenvalue weighted by atomic mass is 35.5. The predicted molar refractivity (Wildman–Crippen MR) is 71.7 cm³/mol. The highest BCUT2D eigenvalue weighted by Gasteiger charge is 2.19. The van der Waals surface area contributed by atoms with Crippen LogP contribution in [-0.4, -0.2) is 28.3 Å². The van der Waals surface area contributed by atoms with E-state index >= 15 is 0 Å². The number of aromatic amines is 1. The Morgan fingerprint density at radius 3 is 2.94 bits per heavy atom. The third kappa shape index (κ3) is 2.26. The van der Waals surface area contributed by atoms with Crippen molar-refractivity contribution in [1.29, 1.82) is 0 Å². The van der Waals surface area contributed by atoms with Crippen molar-refractivity contribution >= 4 is 11.6 Å². The Kier molecular flexibility index (Phi) is 3.30. The van der Waals surface area contributed by atoms with E-state index in [1.54, 1.807) is 0 Å². The molecule has 94 valence electrons. The summed E-state index contributed by atoms with van der Waals surface area (Å²) in [6.07, 6.45) is 2.34. The van der Waals surface area contributed by atoms with Gasteiger partial charge in [0.15, 0.2) is 5.82 Å². The third-order valence-corrected chi connectivity index (χ3v) is 3.63. The SMILES string of the molecule is Clc1ccccc1-c1n[nH]c(C2CCCNC2)n1. The number of hydrogen-bond acceptors (Lipinski definition) is 3. The molecule has 1 aliphatic rings. The summed E-state index contributed by atoms with van der Waals surface area (Å²) in [6.45, 7) is 2.07. The first kappa shape index (κ1) is 11.7. The summed E-state index contributed by atoms with van der Waals surface area (Å²) in [4.78, 5) is 4.57. The zero-order chi connectivity index (χ0) is 12.4. The molecular formula is C13H15ClN4. The number of H-pyrrole nitrogens is 1. The highest BCUT2D eigenvalue weighted by Crippen LogP contribution is 2.26. The molecule has 0 amide bonds. The van der Waals surface area contributed by atoms with Gasteiger partial charge in [-0.05, 0) is 31.5 Å². The summed E-state index contributed by atoms with van der Waals surface area (Å²) in [5, 5.41) is 11.4. The van der Waals surface area contributed by atoms with Crippen LogP contribution < -0.4 is 5.32 Å². The average molecular weight is 263 g/mol. The molecule has 0 spiro atoms. The van der Waals surface area contributed by atoms with E-state index in [4.69, 9.17) is 11.6 Å². The Morgan fingerprint density at radius 2 is 2.17 bits per heavy atom. The second-order valence-corrected chi connectivity index (χ2v) is 4.97. The van der Waals surface area contributed by atoms with Crippen molar-refractivity contribution in [2.45, 2.75) is 18.8 Å². The Hall–Kier alpha value is -1.39. The first-order chi connectivity index (χ1) is 8.84. The summed E-state index contributed by atoms with van der Waals surface area (Å²) in [5.41, 5.74) is 0.880. The maximum absolute atomic E-state index is 6.15. The van der Waals surface area contributed by atoms with E-state index in [0.29, 0.717) is 16.8 Å². The molecule has 0 radical (unpaired) electrons. The van der Waals surface area contributed by atoms with Gasteiger partial charge in [-0.15, -0.1) is 0 Å². The van der Waals surface area contributed by atoms with Gasteiger partial charge in [-0.1, -0.05) is 23.7 Å². The fourth-order valence-corrected chi connectivity index (χ4v) is 2.53. The summed E-state index contributed by atoms with van der Waals surface area (Å²) < 4.78 is 0. The van der Waals surface area contributed by atoms with Crippen LogP contribution in [0.15, 0.2) is 24.3 Å². The second kappa shape index (κ2) is 5.08. The summed E-state index contributed by atoms with van der Waals surface area (Å²) in [7, 11) is 0. The van der Waals surface area contributed by atoms with Gasteiger partial charge in [0.25, 0.3) is 0 Å². The van der Waals surface area contributed by atoms with Crippen molar-refractivity contribution in [3.05, 3.63) is 35.1 Å². The molecule has 1 aromatic heterocycles. The smallest absolute Gasteiger partial charge is 0.182 e. The Balaban J connectivity index is 1.87. The van der Waals surface area contributed by atoms with E-state index in [2.05, 4.69) is 20.5 Å². The predicted octanol–water partition coefficient (Wildman–Crippen LogP) is 2.59. The molecule has 2 aromatic rings. The van der Waals surface area contributed by atoms with Gasteiger partial charge >= 0.3 is 0 Å². The number of piperidine rings is 1. The molecule has 0 aliphatic carbocycles. The molecule has 1 fully saturated rings. The molecule has 1 unspecified atom stereocenters. The fraction of sp³-hybridized carbons (Fsp3) is 0.385. The number of benzene rings is 1. The lowest BCUT2D eigenvalue weighted by Crippen LogP contribution is -2.28. The van der Waals surface area contributed by atoms with Gasteiger partial charge in [-0.25, -0.2) is 4.98 Å². The minimum absolute atomic E-state index is 0.433. The third-order valence-electron chi connectivity index (χ3n) is 3.30. The number of nitrogens with one attached hydrogen (secondary N) is 2. The number of aromatic nitrogens is 3. The van der Waals surface area contributed by atoms with E-state index in [9.17, 15) is 0 Å². The molecule has 2 N–H and O–H groups in total. The molecule has 1 atom stereocenters. The standard InChI is InChI=1S/C13H15ClN4/c14-11-6-2-1-5-10(11)13-16-12(17-18-13)9-4-3-7-15-8-9/h1-2,5-6,9,15H,3-4,7-8H2,(H,16,17,18). The molecule has 5 heteroatoms. The summed E-state index contributed by atoms with van der Waals surface area (Å²) in [5.74, 6) is 2.07. The summed E-state index contributed by atoms with van der Waals surface area (Å²) in [6, 6.07) is 7.65. The van der Waals surface area contributed by atoms with Crippen LogP contribution in [0.4, 0.5) is 0 Å². The number of halogens is 1. The topological polar surface area (TPSA) is 53.6 Å². The molecular weight excluding hydrogens is 248 g/mol. The van der Waals surface area contributed by atoms with Gasteiger partial charge in [0, 0.05) is 18.0 Å². The second-order valence-electron chi connectivity index (χ2n) is 4.57. The van der Waals surface area contributed by atoms with E-state index in [1.165, 1.54) is 6.42 Å². The van der Waals surface area contributed by atoms with Crippen molar-refractivity contribution < 1.29 is 0 Å². The highest BCUT2D eigenvalue weighted by molar-refractivity contribution is 6.33. The molecule has 18 heavy (non-hydrogen) atoms. The lowest BCUT2D eigenvalue weighted by atomic mass is 9.99. The zero-order valence-electron chi connectivity index (χ0n) is 9.99. The molecule has 1 aliphatic heterocycles. The lowest BCUT2D eigenvalue weighted by molar-refractivity contribution is 0.447. The van der Waals surface area contributed by atoms with Gasteiger partial charge in [0.05, 0.1) is 5.02 Å². The Labute approximate surface area is 111 Å². The lowest BCUT2D eigenvalue weighted by Gasteiger charge is -2.20. The maximum atomic E-state index is 6.15. The molecule has 4 nitrogen and oxygen atoms in total. The van der Waals surface area contributed by atoms with Gasteiger partial charge in [-0.3, -0.25) is 5.10 Å². The minimum atomic E-state index is 0.433. The molecule has 3 rings (SSSR count). The van der Waals surface area contributed by atoms with Crippen LogP contribution in [0.25, 0.3) is 11.4 Å². The molecule has 1 saturated heterocycles. The average Bonchev–Trinajstić information content (AvgIpc) is 2.90. The largest absolute Gasteiger partial charge is 0.316 e.